The monoisotopic (exact) mass is 277 g/mol. The van der Waals surface area contributed by atoms with Crippen LogP contribution in [0.4, 0.5) is 5.69 Å². The topological polar surface area (TPSA) is 27.3 Å². The Labute approximate surface area is 121 Å². The Bertz CT molecular complexity index is 433. The first-order valence-corrected chi connectivity index (χ1v) is 7.35. The van der Waals surface area contributed by atoms with Crippen LogP contribution in [0.3, 0.4) is 0 Å². The number of piperidine rings is 1. The number of anilines is 1. The molecule has 1 fully saturated rings. The van der Waals surface area contributed by atoms with Crippen LogP contribution in [-0.4, -0.2) is 36.7 Å². The van der Waals surface area contributed by atoms with Crippen molar-refractivity contribution in [2.24, 2.45) is 5.92 Å². The highest BCUT2D eigenvalue weighted by molar-refractivity contribution is 7.80. The van der Waals surface area contributed by atoms with E-state index in [1.807, 2.05) is 12.1 Å². The number of hydrogen-bond donors (Lipinski definition) is 2. The fourth-order valence-electron chi connectivity index (χ4n) is 2.56. The second-order valence-corrected chi connectivity index (χ2v) is 5.83. The highest BCUT2D eigenvalue weighted by Gasteiger charge is 2.16. The van der Waals surface area contributed by atoms with Crippen molar-refractivity contribution in [3.63, 3.8) is 0 Å². The van der Waals surface area contributed by atoms with E-state index < -0.39 is 0 Å². The van der Waals surface area contributed by atoms with E-state index in [0.717, 1.165) is 17.3 Å². The Kier molecular flexibility index (Phi) is 5.16. The number of benzene rings is 1. The summed E-state index contributed by atoms with van der Waals surface area (Å²) in [5.74, 6) is 0.704. The molecule has 1 saturated heterocycles. The van der Waals surface area contributed by atoms with Gasteiger partial charge in [-0.05, 0) is 63.1 Å². The summed E-state index contributed by atoms with van der Waals surface area (Å²) in [6.45, 7) is 5.44. The second-order valence-electron chi connectivity index (χ2n) is 5.42. The molecule has 1 aliphatic rings. The standard InChI is InChI=1S/C15H23N3S/c1-12-6-3-4-8-14(12)17-15(19)16-10-13-7-5-9-18(2)11-13/h3-4,6,8,13H,5,7,9-11H2,1-2H3,(H2,16,17,19). The zero-order valence-corrected chi connectivity index (χ0v) is 12.6. The van der Waals surface area contributed by atoms with Gasteiger partial charge in [0.15, 0.2) is 5.11 Å². The fourth-order valence-corrected chi connectivity index (χ4v) is 2.75. The quantitative estimate of drug-likeness (QED) is 0.831. The lowest BCUT2D eigenvalue weighted by Gasteiger charge is -2.30. The van der Waals surface area contributed by atoms with E-state index in [4.69, 9.17) is 12.2 Å². The maximum absolute atomic E-state index is 5.36. The SMILES string of the molecule is Cc1ccccc1NC(=S)NCC1CCCN(C)C1. The molecule has 0 radical (unpaired) electrons. The maximum Gasteiger partial charge on any atom is 0.170 e. The van der Waals surface area contributed by atoms with E-state index in [1.165, 1.54) is 31.5 Å². The molecular formula is C15H23N3S. The minimum Gasteiger partial charge on any atom is -0.362 e. The second kappa shape index (κ2) is 6.87. The van der Waals surface area contributed by atoms with Crippen LogP contribution in [0.1, 0.15) is 18.4 Å². The molecule has 3 nitrogen and oxygen atoms in total. The van der Waals surface area contributed by atoms with Gasteiger partial charge in [0, 0.05) is 18.8 Å². The van der Waals surface area contributed by atoms with Crippen LogP contribution in [0.15, 0.2) is 24.3 Å². The molecule has 1 aliphatic heterocycles. The molecule has 1 atom stereocenters. The number of rotatable bonds is 3. The van der Waals surface area contributed by atoms with Gasteiger partial charge in [-0.2, -0.15) is 0 Å². The zero-order chi connectivity index (χ0) is 13.7. The van der Waals surface area contributed by atoms with Gasteiger partial charge in [-0.25, -0.2) is 0 Å². The van der Waals surface area contributed by atoms with Crippen molar-refractivity contribution in [2.75, 3.05) is 32.0 Å². The number of para-hydroxylation sites is 1. The van der Waals surface area contributed by atoms with E-state index in [2.05, 4.69) is 41.6 Å². The number of hydrogen-bond acceptors (Lipinski definition) is 2. The van der Waals surface area contributed by atoms with Gasteiger partial charge in [0.2, 0.25) is 0 Å². The zero-order valence-electron chi connectivity index (χ0n) is 11.8. The first-order chi connectivity index (χ1) is 9.15. The molecule has 0 spiro atoms. The van der Waals surface area contributed by atoms with Gasteiger partial charge in [-0.1, -0.05) is 18.2 Å². The highest BCUT2D eigenvalue weighted by Crippen LogP contribution is 2.15. The fraction of sp³-hybridized carbons (Fsp3) is 0.533. The van der Waals surface area contributed by atoms with Crippen molar-refractivity contribution < 1.29 is 0 Å². The number of nitrogens with zero attached hydrogens (tertiary/aromatic N) is 1. The van der Waals surface area contributed by atoms with Crippen molar-refractivity contribution in [3.05, 3.63) is 29.8 Å². The number of likely N-dealkylation sites (tertiary alicyclic amines) is 1. The minimum atomic E-state index is 0.704. The molecule has 0 amide bonds. The van der Waals surface area contributed by atoms with Crippen LogP contribution < -0.4 is 10.6 Å². The molecule has 19 heavy (non-hydrogen) atoms. The van der Waals surface area contributed by atoms with Crippen molar-refractivity contribution in [2.45, 2.75) is 19.8 Å². The van der Waals surface area contributed by atoms with Crippen molar-refractivity contribution >= 4 is 23.0 Å². The van der Waals surface area contributed by atoms with Crippen LogP contribution in [0.2, 0.25) is 0 Å². The van der Waals surface area contributed by atoms with Crippen LogP contribution in [-0.2, 0) is 0 Å². The van der Waals surface area contributed by atoms with Gasteiger partial charge in [-0.15, -0.1) is 0 Å². The van der Waals surface area contributed by atoms with E-state index in [9.17, 15) is 0 Å². The first-order valence-electron chi connectivity index (χ1n) is 6.94. The van der Waals surface area contributed by atoms with Gasteiger partial charge in [0.25, 0.3) is 0 Å². The van der Waals surface area contributed by atoms with E-state index >= 15 is 0 Å². The Morgan fingerprint density at radius 2 is 2.21 bits per heavy atom. The first kappa shape index (κ1) is 14.3. The van der Waals surface area contributed by atoms with Crippen LogP contribution in [0.5, 0.6) is 0 Å². The molecule has 2 N–H and O–H groups in total. The smallest absolute Gasteiger partial charge is 0.170 e. The van der Waals surface area contributed by atoms with Gasteiger partial charge in [0.05, 0.1) is 0 Å². The molecule has 0 bridgehead atoms. The van der Waals surface area contributed by atoms with Gasteiger partial charge >= 0.3 is 0 Å². The third-order valence-corrected chi connectivity index (χ3v) is 3.91. The predicted molar refractivity (Wildman–Crippen MR) is 85.6 cm³/mol. The summed E-state index contributed by atoms with van der Waals surface area (Å²) in [5, 5.41) is 7.33. The summed E-state index contributed by atoms with van der Waals surface area (Å²) < 4.78 is 0. The third-order valence-electron chi connectivity index (χ3n) is 3.67. The Balaban J connectivity index is 1.77. The summed E-state index contributed by atoms with van der Waals surface area (Å²) in [6.07, 6.45) is 2.59. The molecule has 0 aliphatic carbocycles. The Morgan fingerprint density at radius 3 is 2.95 bits per heavy atom. The molecule has 4 heteroatoms. The molecule has 1 aromatic carbocycles. The van der Waals surface area contributed by atoms with Gasteiger partial charge in [-0.3, -0.25) is 0 Å². The number of thiocarbonyl (C=S) groups is 1. The highest BCUT2D eigenvalue weighted by atomic mass is 32.1. The summed E-state index contributed by atoms with van der Waals surface area (Å²) in [5.41, 5.74) is 2.30. The van der Waals surface area contributed by atoms with E-state index in [0.29, 0.717) is 5.92 Å². The molecule has 0 aromatic heterocycles. The Morgan fingerprint density at radius 1 is 1.42 bits per heavy atom. The summed E-state index contributed by atoms with van der Waals surface area (Å²) in [7, 11) is 2.19. The molecule has 1 unspecified atom stereocenters. The van der Waals surface area contributed by atoms with Crippen LogP contribution in [0.25, 0.3) is 0 Å². The molecule has 104 valence electrons. The molecule has 1 heterocycles. The summed E-state index contributed by atoms with van der Waals surface area (Å²) in [4.78, 5) is 2.40. The lowest BCUT2D eigenvalue weighted by molar-refractivity contribution is 0.211. The molecule has 2 rings (SSSR count). The summed E-state index contributed by atoms with van der Waals surface area (Å²) >= 11 is 5.36. The van der Waals surface area contributed by atoms with Crippen molar-refractivity contribution in [3.8, 4) is 0 Å². The average molecular weight is 277 g/mol. The molecular weight excluding hydrogens is 254 g/mol. The maximum atomic E-state index is 5.36. The molecule has 0 saturated carbocycles. The van der Waals surface area contributed by atoms with Gasteiger partial charge in [0.1, 0.15) is 0 Å². The third kappa shape index (κ3) is 4.48. The van der Waals surface area contributed by atoms with Crippen LogP contribution >= 0.6 is 12.2 Å². The largest absolute Gasteiger partial charge is 0.362 e. The van der Waals surface area contributed by atoms with Gasteiger partial charge < -0.3 is 15.5 Å². The number of nitrogens with one attached hydrogen (secondary N) is 2. The predicted octanol–water partition coefficient (Wildman–Crippen LogP) is 2.62. The average Bonchev–Trinajstić information content (AvgIpc) is 2.39. The lowest BCUT2D eigenvalue weighted by Crippen LogP contribution is -2.40. The minimum absolute atomic E-state index is 0.704. The normalized spacial score (nSPS) is 20.0. The number of aryl methyl sites for hydroxylation is 1. The van der Waals surface area contributed by atoms with E-state index in [1.54, 1.807) is 0 Å². The van der Waals surface area contributed by atoms with Crippen molar-refractivity contribution in [1.82, 2.24) is 10.2 Å². The molecule has 1 aromatic rings. The van der Waals surface area contributed by atoms with E-state index in [-0.39, 0.29) is 0 Å². The summed E-state index contributed by atoms with van der Waals surface area (Å²) in [6, 6.07) is 8.20. The Hall–Kier alpha value is -1.13. The van der Waals surface area contributed by atoms with Crippen LogP contribution in [0, 0.1) is 12.8 Å². The van der Waals surface area contributed by atoms with Crippen molar-refractivity contribution in [1.29, 1.82) is 0 Å². The lowest BCUT2D eigenvalue weighted by atomic mass is 9.99.